The lowest BCUT2D eigenvalue weighted by Gasteiger charge is -1.98. The lowest BCUT2D eigenvalue weighted by Crippen LogP contribution is -1.97. The first-order valence-electron chi connectivity index (χ1n) is 5.16. The zero-order valence-electron chi connectivity index (χ0n) is 8.42. The number of rotatable bonds is 7. The molecule has 1 N–H and O–H groups in total. The molecule has 0 radical (unpaired) electrons. The van der Waals surface area contributed by atoms with Crippen molar-refractivity contribution in [1.29, 1.82) is 0 Å². The zero-order chi connectivity index (χ0) is 9.23. The quantitative estimate of drug-likeness (QED) is 0.459. The molecule has 1 heteroatoms. The van der Waals surface area contributed by atoms with Crippen molar-refractivity contribution in [1.82, 2.24) is 0 Å². The summed E-state index contributed by atoms with van der Waals surface area (Å²) in [5.41, 5.74) is 0. The van der Waals surface area contributed by atoms with Gasteiger partial charge in [-0.3, -0.25) is 0 Å². The maximum absolute atomic E-state index is 9.17. The second-order valence-electron chi connectivity index (χ2n) is 3.25. The minimum atomic E-state index is -0.226. The van der Waals surface area contributed by atoms with E-state index in [1.807, 2.05) is 13.0 Å². The molecule has 0 aromatic heterocycles. The first-order valence-corrected chi connectivity index (χ1v) is 5.16. The molecule has 0 aliphatic heterocycles. The van der Waals surface area contributed by atoms with Crippen LogP contribution in [0.1, 0.15) is 52.4 Å². The second-order valence-corrected chi connectivity index (χ2v) is 3.25. The van der Waals surface area contributed by atoms with E-state index in [0.29, 0.717) is 0 Å². The summed E-state index contributed by atoms with van der Waals surface area (Å²) < 4.78 is 0. The highest BCUT2D eigenvalue weighted by Gasteiger charge is 1.91. The maximum Gasteiger partial charge on any atom is 0.0718 e. The van der Waals surface area contributed by atoms with E-state index in [1.165, 1.54) is 25.7 Å². The van der Waals surface area contributed by atoms with E-state index in [-0.39, 0.29) is 6.10 Å². The monoisotopic (exact) mass is 170 g/mol. The van der Waals surface area contributed by atoms with Crippen LogP contribution in [0, 0.1) is 0 Å². The third-order valence-corrected chi connectivity index (χ3v) is 2.00. The van der Waals surface area contributed by atoms with Crippen LogP contribution in [0.15, 0.2) is 12.2 Å². The Kier molecular flexibility index (Phi) is 8.57. The Hall–Kier alpha value is -0.300. The van der Waals surface area contributed by atoms with Crippen LogP contribution in [0.5, 0.6) is 0 Å². The van der Waals surface area contributed by atoms with Gasteiger partial charge in [-0.15, -0.1) is 0 Å². The van der Waals surface area contributed by atoms with Gasteiger partial charge in [0.1, 0.15) is 0 Å². The molecule has 0 aromatic carbocycles. The van der Waals surface area contributed by atoms with Crippen LogP contribution in [0.4, 0.5) is 0 Å². The second kappa shape index (κ2) is 8.79. The van der Waals surface area contributed by atoms with Crippen LogP contribution >= 0.6 is 0 Å². The van der Waals surface area contributed by atoms with Crippen LogP contribution in [0.2, 0.25) is 0 Å². The average molecular weight is 170 g/mol. The van der Waals surface area contributed by atoms with Gasteiger partial charge in [-0.1, -0.05) is 45.3 Å². The first-order chi connectivity index (χ1) is 5.81. The van der Waals surface area contributed by atoms with Crippen LogP contribution in [0.3, 0.4) is 0 Å². The molecular formula is C11H22O. The van der Waals surface area contributed by atoms with Crippen molar-refractivity contribution in [3.05, 3.63) is 12.2 Å². The molecule has 0 aliphatic rings. The molecule has 0 fully saturated rings. The zero-order valence-corrected chi connectivity index (χ0v) is 8.42. The van der Waals surface area contributed by atoms with Crippen LogP contribution < -0.4 is 0 Å². The molecule has 1 nitrogen and oxygen atoms in total. The van der Waals surface area contributed by atoms with Gasteiger partial charge in [-0.2, -0.15) is 0 Å². The number of hydrogen-bond donors (Lipinski definition) is 1. The van der Waals surface area contributed by atoms with Crippen molar-refractivity contribution in [2.24, 2.45) is 0 Å². The molecule has 0 rings (SSSR count). The SMILES string of the molecule is CCCCCC/C=C/[C@H](O)CC. The predicted molar refractivity (Wildman–Crippen MR) is 54.2 cm³/mol. The van der Waals surface area contributed by atoms with Gasteiger partial charge in [0, 0.05) is 0 Å². The van der Waals surface area contributed by atoms with Gasteiger partial charge in [-0.25, -0.2) is 0 Å². The topological polar surface area (TPSA) is 20.2 Å². The van der Waals surface area contributed by atoms with E-state index in [2.05, 4.69) is 13.0 Å². The number of allylic oxidation sites excluding steroid dienone is 1. The Morgan fingerprint density at radius 1 is 1.17 bits per heavy atom. The van der Waals surface area contributed by atoms with Gasteiger partial charge in [0.05, 0.1) is 6.10 Å². The van der Waals surface area contributed by atoms with Gasteiger partial charge < -0.3 is 5.11 Å². The number of aliphatic hydroxyl groups is 1. The van der Waals surface area contributed by atoms with Gasteiger partial charge in [-0.05, 0) is 19.3 Å². The fraction of sp³-hybridized carbons (Fsp3) is 0.818. The Bertz CT molecular complexity index is 108. The van der Waals surface area contributed by atoms with Crippen LogP contribution in [-0.2, 0) is 0 Å². The summed E-state index contributed by atoms with van der Waals surface area (Å²) in [6, 6.07) is 0. The molecule has 0 amide bonds. The fourth-order valence-electron chi connectivity index (χ4n) is 1.08. The summed E-state index contributed by atoms with van der Waals surface area (Å²) in [4.78, 5) is 0. The molecule has 0 heterocycles. The van der Waals surface area contributed by atoms with E-state index < -0.39 is 0 Å². The molecule has 0 saturated heterocycles. The molecular weight excluding hydrogens is 148 g/mol. The van der Waals surface area contributed by atoms with E-state index in [4.69, 9.17) is 0 Å². The summed E-state index contributed by atoms with van der Waals surface area (Å²) >= 11 is 0. The van der Waals surface area contributed by atoms with Crippen molar-refractivity contribution in [2.75, 3.05) is 0 Å². The molecule has 1 atom stereocenters. The Labute approximate surface area is 76.5 Å². The average Bonchev–Trinajstić information content (AvgIpc) is 2.10. The highest BCUT2D eigenvalue weighted by atomic mass is 16.3. The first kappa shape index (κ1) is 11.7. The third kappa shape index (κ3) is 7.80. The van der Waals surface area contributed by atoms with E-state index in [0.717, 1.165) is 12.8 Å². The van der Waals surface area contributed by atoms with Crippen LogP contribution in [-0.4, -0.2) is 11.2 Å². The van der Waals surface area contributed by atoms with Gasteiger partial charge in [0.2, 0.25) is 0 Å². The predicted octanol–water partition coefficient (Wildman–Crippen LogP) is 3.28. The summed E-state index contributed by atoms with van der Waals surface area (Å²) in [6.45, 7) is 4.21. The minimum absolute atomic E-state index is 0.226. The molecule has 0 unspecified atom stereocenters. The molecule has 0 aromatic rings. The summed E-state index contributed by atoms with van der Waals surface area (Å²) in [5.74, 6) is 0. The van der Waals surface area contributed by atoms with Gasteiger partial charge >= 0.3 is 0 Å². The van der Waals surface area contributed by atoms with Gasteiger partial charge in [0.25, 0.3) is 0 Å². The highest BCUT2D eigenvalue weighted by Crippen LogP contribution is 2.03. The molecule has 12 heavy (non-hydrogen) atoms. The number of hydrogen-bond acceptors (Lipinski definition) is 1. The van der Waals surface area contributed by atoms with Gasteiger partial charge in [0.15, 0.2) is 0 Å². The van der Waals surface area contributed by atoms with Crippen LogP contribution in [0.25, 0.3) is 0 Å². The molecule has 0 spiro atoms. The third-order valence-electron chi connectivity index (χ3n) is 2.00. The van der Waals surface area contributed by atoms with Crippen molar-refractivity contribution >= 4 is 0 Å². The molecule has 72 valence electrons. The number of aliphatic hydroxyl groups excluding tert-OH is 1. The normalized spacial score (nSPS) is 13.9. The van der Waals surface area contributed by atoms with E-state index >= 15 is 0 Å². The van der Waals surface area contributed by atoms with Crippen molar-refractivity contribution in [3.63, 3.8) is 0 Å². The lowest BCUT2D eigenvalue weighted by molar-refractivity contribution is 0.219. The standard InChI is InChI=1S/C11H22O/c1-3-5-6-7-8-9-10-11(12)4-2/h9-12H,3-8H2,1-2H3/b10-9+/t11-/m1/s1. The van der Waals surface area contributed by atoms with Crippen molar-refractivity contribution in [2.45, 2.75) is 58.5 Å². The number of unbranched alkanes of at least 4 members (excludes halogenated alkanes) is 4. The summed E-state index contributed by atoms with van der Waals surface area (Å²) in [6.07, 6.45) is 10.9. The molecule has 0 aliphatic carbocycles. The summed E-state index contributed by atoms with van der Waals surface area (Å²) in [5, 5.41) is 9.17. The van der Waals surface area contributed by atoms with E-state index in [1.54, 1.807) is 0 Å². The maximum atomic E-state index is 9.17. The van der Waals surface area contributed by atoms with Crippen molar-refractivity contribution < 1.29 is 5.11 Å². The summed E-state index contributed by atoms with van der Waals surface area (Å²) in [7, 11) is 0. The Morgan fingerprint density at radius 2 is 1.92 bits per heavy atom. The largest absolute Gasteiger partial charge is 0.389 e. The van der Waals surface area contributed by atoms with E-state index in [9.17, 15) is 5.11 Å². The fourth-order valence-corrected chi connectivity index (χ4v) is 1.08. The lowest BCUT2D eigenvalue weighted by atomic mass is 10.1. The Morgan fingerprint density at radius 3 is 2.50 bits per heavy atom. The van der Waals surface area contributed by atoms with Crippen molar-refractivity contribution in [3.8, 4) is 0 Å². The highest BCUT2D eigenvalue weighted by molar-refractivity contribution is 4.87. The molecule has 0 bridgehead atoms. The smallest absolute Gasteiger partial charge is 0.0718 e. The molecule has 0 saturated carbocycles. The Balaban J connectivity index is 3.12. The minimum Gasteiger partial charge on any atom is -0.389 e.